The molecular formula is C37H38O6. The van der Waals surface area contributed by atoms with Gasteiger partial charge in [0.15, 0.2) is 6.10 Å². The topological polar surface area (TPSA) is 63.2 Å². The zero-order chi connectivity index (χ0) is 29.9. The van der Waals surface area contributed by atoms with Crippen molar-refractivity contribution in [2.24, 2.45) is 0 Å². The van der Waals surface area contributed by atoms with Gasteiger partial charge in [0.2, 0.25) is 0 Å². The molecule has 1 aliphatic rings. The minimum absolute atomic E-state index is 0.253. The lowest BCUT2D eigenvalue weighted by Gasteiger charge is -2.46. The number of carbonyl (C=O) groups excluding carboxylic acids is 1. The maximum atomic E-state index is 13.4. The zero-order valence-electron chi connectivity index (χ0n) is 24.4. The van der Waals surface area contributed by atoms with Gasteiger partial charge in [0.05, 0.1) is 32.0 Å². The highest BCUT2D eigenvalue weighted by Crippen LogP contribution is 2.33. The average Bonchev–Trinajstić information content (AvgIpc) is 3.05. The van der Waals surface area contributed by atoms with Crippen LogP contribution in [0.15, 0.2) is 133 Å². The third-order valence-corrected chi connectivity index (χ3v) is 7.34. The van der Waals surface area contributed by atoms with E-state index in [1.807, 2.05) is 104 Å². The quantitative estimate of drug-likeness (QED) is 0.126. The molecule has 0 aromatic heterocycles. The minimum Gasteiger partial charge on any atom is -0.453 e. The van der Waals surface area contributed by atoms with Crippen molar-refractivity contribution >= 4 is 5.97 Å². The van der Waals surface area contributed by atoms with Crippen LogP contribution in [-0.2, 0) is 43.5 Å². The second-order valence-electron chi connectivity index (χ2n) is 10.7. The summed E-state index contributed by atoms with van der Waals surface area (Å²) in [6.45, 7) is 7.36. The van der Waals surface area contributed by atoms with Crippen molar-refractivity contribution in [3.63, 3.8) is 0 Å². The first-order valence-corrected chi connectivity index (χ1v) is 14.6. The molecule has 5 atom stereocenters. The van der Waals surface area contributed by atoms with Gasteiger partial charge in [-0.3, -0.25) is 0 Å². The Morgan fingerprint density at radius 3 is 1.63 bits per heavy atom. The Morgan fingerprint density at radius 2 is 1.12 bits per heavy atom. The first-order valence-electron chi connectivity index (χ1n) is 14.6. The third kappa shape index (κ3) is 8.49. The molecule has 4 aromatic carbocycles. The normalized spacial score (nSPS) is 21.7. The molecule has 0 aliphatic carbocycles. The molecular weight excluding hydrogens is 540 g/mol. The van der Waals surface area contributed by atoms with Crippen molar-refractivity contribution in [2.45, 2.75) is 57.3 Å². The lowest BCUT2D eigenvalue weighted by molar-refractivity contribution is -0.253. The molecule has 1 saturated heterocycles. The molecule has 43 heavy (non-hydrogen) atoms. The van der Waals surface area contributed by atoms with Gasteiger partial charge in [-0.15, -0.1) is 0 Å². The van der Waals surface area contributed by atoms with Gasteiger partial charge >= 0.3 is 5.97 Å². The van der Waals surface area contributed by atoms with Crippen molar-refractivity contribution in [3.8, 4) is 0 Å². The van der Waals surface area contributed by atoms with E-state index in [-0.39, 0.29) is 6.61 Å². The van der Waals surface area contributed by atoms with Crippen LogP contribution in [0.2, 0.25) is 0 Å². The standard InChI is InChI=1S/C37H38O6/c1-27(2)33-36(43-37(38)31-21-13-6-14-22-31)35(41-25-30-19-11-5-12-20-30)34(40-24-29-17-9-4-10-18-29)32(42-33)26-39-23-28-15-7-3-8-16-28/h3-22,32-36H,1,23-26H2,2H3/t32-,33+,34-,35+,36+/m1/s1. The number of carbonyl (C=O) groups is 1. The van der Waals surface area contributed by atoms with Crippen molar-refractivity contribution in [1.82, 2.24) is 0 Å². The van der Waals surface area contributed by atoms with Crippen LogP contribution >= 0.6 is 0 Å². The lowest BCUT2D eigenvalue weighted by atomic mass is 9.91. The van der Waals surface area contributed by atoms with Crippen LogP contribution < -0.4 is 0 Å². The molecule has 1 fully saturated rings. The Bertz CT molecular complexity index is 1410. The maximum absolute atomic E-state index is 13.4. The molecule has 0 saturated carbocycles. The van der Waals surface area contributed by atoms with Gasteiger partial charge in [-0.2, -0.15) is 0 Å². The van der Waals surface area contributed by atoms with Crippen LogP contribution in [0.5, 0.6) is 0 Å². The molecule has 0 N–H and O–H groups in total. The van der Waals surface area contributed by atoms with Crippen molar-refractivity contribution in [1.29, 1.82) is 0 Å². The molecule has 0 unspecified atom stereocenters. The molecule has 5 rings (SSSR count). The molecule has 0 amide bonds. The molecule has 222 valence electrons. The Labute approximate surface area is 253 Å². The first kappa shape index (κ1) is 30.4. The predicted molar refractivity (Wildman–Crippen MR) is 165 cm³/mol. The van der Waals surface area contributed by atoms with E-state index in [1.165, 1.54) is 0 Å². The van der Waals surface area contributed by atoms with E-state index in [0.717, 1.165) is 16.7 Å². The number of benzene rings is 4. The Kier molecular flexibility index (Phi) is 10.9. The summed E-state index contributed by atoms with van der Waals surface area (Å²) >= 11 is 0. The van der Waals surface area contributed by atoms with E-state index in [4.69, 9.17) is 23.7 Å². The van der Waals surface area contributed by atoms with Crippen LogP contribution in [0.4, 0.5) is 0 Å². The van der Waals surface area contributed by atoms with Gasteiger partial charge in [-0.1, -0.05) is 116 Å². The van der Waals surface area contributed by atoms with E-state index in [2.05, 4.69) is 6.58 Å². The number of hydrogen-bond donors (Lipinski definition) is 0. The highest BCUT2D eigenvalue weighted by Gasteiger charge is 2.50. The summed E-state index contributed by atoms with van der Waals surface area (Å²) in [5.74, 6) is -0.464. The van der Waals surface area contributed by atoms with Crippen molar-refractivity contribution in [2.75, 3.05) is 6.61 Å². The fraction of sp³-hybridized carbons (Fsp3) is 0.270. The summed E-state index contributed by atoms with van der Waals surface area (Å²) in [5.41, 5.74) is 4.22. The maximum Gasteiger partial charge on any atom is 0.338 e. The summed E-state index contributed by atoms with van der Waals surface area (Å²) in [6.07, 6.45) is -3.22. The minimum atomic E-state index is -0.805. The first-order chi connectivity index (χ1) is 21.1. The SMILES string of the molecule is C=C(C)[C@@H]1O[C@H](COCc2ccccc2)[C@@H](OCc2ccccc2)[C@H](OCc2ccccc2)[C@H]1OC(=O)c1ccccc1. The smallest absolute Gasteiger partial charge is 0.338 e. The largest absolute Gasteiger partial charge is 0.453 e. The zero-order valence-corrected chi connectivity index (χ0v) is 24.4. The number of hydrogen-bond acceptors (Lipinski definition) is 6. The van der Waals surface area contributed by atoms with Crippen LogP contribution in [-0.4, -0.2) is 43.1 Å². The lowest BCUT2D eigenvalue weighted by Crippen LogP contribution is -2.61. The third-order valence-electron chi connectivity index (χ3n) is 7.34. The fourth-order valence-electron chi connectivity index (χ4n) is 5.13. The van der Waals surface area contributed by atoms with Crippen molar-refractivity contribution in [3.05, 3.63) is 156 Å². The second kappa shape index (κ2) is 15.4. The predicted octanol–water partition coefficient (Wildman–Crippen LogP) is 6.94. The highest BCUT2D eigenvalue weighted by atomic mass is 16.6. The number of rotatable bonds is 13. The Morgan fingerprint density at radius 1 is 0.651 bits per heavy atom. The monoisotopic (exact) mass is 578 g/mol. The van der Waals surface area contributed by atoms with Gasteiger partial charge in [-0.05, 0) is 41.3 Å². The molecule has 6 heteroatoms. The van der Waals surface area contributed by atoms with Crippen LogP contribution in [0.25, 0.3) is 0 Å². The fourth-order valence-corrected chi connectivity index (χ4v) is 5.13. The molecule has 4 aromatic rings. The molecule has 0 spiro atoms. The van der Waals surface area contributed by atoms with Crippen LogP contribution in [0, 0.1) is 0 Å². The van der Waals surface area contributed by atoms with Gasteiger partial charge in [0.25, 0.3) is 0 Å². The molecule has 0 radical (unpaired) electrons. The molecule has 0 bridgehead atoms. The summed E-state index contributed by atoms with van der Waals surface area (Å²) in [6, 6.07) is 38.7. The van der Waals surface area contributed by atoms with Gasteiger partial charge in [0, 0.05) is 0 Å². The summed E-state index contributed by atoms with van der Waals surface area (Å²) in [4.78, 5) is 13.4. The number of ether oxygens (including phenoxy) is 5. The highest BCUT2D eigenvalue weighted by molar-refractivity contribution is 5.89. The van der Waals surface area contributed by atoms with Crippen molar-refractivity contribution < 1.29 is 28.5 Å². The van der Waals surface area contributed by atoms with E-state index in [1.54, 1.807) is 24.3 Å². The molecule has 1 aliphatic heterocycles. The van der Waals surface area contributed by atoms with Gasteiger partial charge < -0.3 is 23.7 Å². The molecule has 6 nitrogen and oxygen atoms in total. The van der Waals surface area contributed by atoms with Crippen LogP contribution in [0.3, 0.4) is 0 Å². The van der Waals surface area contributed by atoms with Gasteiger partial charge in [0.1, 0.15) is 24.4 Å². The summed E-state index contributed by atoms with van der Waals surface area (Å²) in [7, 11) is 0. The molecule has 1 heterocycles. The summed E-state index contributed by atoms with van der Waals surface area (Å²) in [5, 5.41) is 0. The van der Waals surface area contributed by atoms with E-state index >= 15 is 0 Å². The van der Waals surface area contributed by atoms with Crippen LogP contribution in [0.1, 0.15) is 34.0 Å². The van der Waals surface area contributed by atoms with E-state index in [9.17, 15) is 4.79 Å². The van der Waals surface area contributed by atoms with E-state index in [0.29, 0.717) is 31.0 Å². The summed E-state index contributed by atoms with van der Waals surface area (Å²) < 4.78 is 32.2. The van der Waals surface area contributed by atoms with Gasteiger partial charge in [-0.25, -0.2) is 4.79 Å². The Balaban J connectivity index is 1.44. The van der Waals surface area contributed by atoms with E-state index < -0.39 is 36.5 Å². The Hall–Kier alpha value is -4.07. The number of esters is 1. The second-order valence-corrected chi connectivity index (χ2v) is 10.7. The average molecular weight is 579 g/mol.